The molecular formula is C23H19FN6OS. The normalized spacial score (nSPS) is 11.3. The molecule has 1 amide bonds. The highest BCUT2D eigenvalue weighted by Crippen LogP contribution is 2.24. The molecule has 160 valence electrons. The fraction of sp³-hybridized carbons (Fsp3) is 0.130. The van der Waals surface area contributed by atoms with Crippen molar-refractivity contribution < 1.29 is 9.18 Å². The Morgan fingerprint density at radius 3 is 2.62 bits per heavy atom. The Balaban J connectivity index is 1.30. The van der Waals surface area contributed by atoms with E-state index >= 15 is 0 Å². The third-order valence-electron chi connectivity index (χ3n) is 5.07. The van der Waals surface area contributed by atoms with Crippen LogP contribution >= 0.6 is 11.8 Å². The third kappa shape index (κ3) is 4.06. The molecule has 0 aliphatic rings. The summed E-state index contributed by atoms with van der Waals surface area (Å²) in [6, 6.07) is 16.1. The summed E-state index contributed by atoms with van der Waals surface area (Å²) in [7, 11) is 0. The Hall–Kier alpha value is -3.72. The van der Waals surface area contributed by atoms with Crippen molar-refractivity contribution >= 4 is 28.8 Å². The first-order valence-corrected chi connectivity index (χ1v) is 11.0. The Kier molecular flexibility index (Phi) is 5.32. The second-order valence-electron chi connectivity index (χ2n) is 7.39. The Bertz CT molecular complexity index is 1410. The summed E-state index contributed by atoms with van der Waals surface area (Å²) >= 11 is 1.32. The van der Waals surface area contributed by atoms with Gasteiger partial charge < -0.3 is 5.32 Å². The maximum Gasteiger partial charge on any atom is 0.230 e. The lowest BCUT2D eigenvalue weighted by atomic mass is 10.1. The molecule has 3 heterocycles. The topological polar surface area (TPSA) is 76.6 Å². The lowest BCUT2D eigenvalue weighted by Crippen LogP contribution is -2.24. The van der Waals surface area contributed by atoms with Gasteiger partial charge in [0.1, 0.15) is 11.3 Å². The predicted molar refractivity (Wildman–Crippen MR) is 121 cm³/mol. The average molecular weight is 447 g/mol. The summed E-state index contributed by atoms with van der Waals surface area (Å²) in [6.45, 7) is 2.52. The first-order valence-electron chi connectivity index (χ1n) is 10.0. The van der Waals surface area contributed by atoms with Gasteiger partial charge in [-0.2, -0.15) is 5.10 Å². The van der Waals surface area contributed by atoms with Gasteiger partial charge in [0.2, 0.25) is 5.91 Å². The summed E-state index contributed by atoms with van der Waals surface area (Å²) in [5.41, 5.74) is 5.18. The minimum Gasteiger partial charge on any atom is -0.351 e. The predicted octanol–water partition coefficient (Wildman–Crippen LogP) is 3.90. The Morgan fingerprint density at radius 1 is 1.06 bits per heavy atom. The minimum absolute atomic E-state index is 0.0728. The van der Waals surface area contributed by atoms with E-state index in [2.05, 4.69) is 20.6 Å². The third-order valence-corrected chi connectivity index (χ3v) is 6.01. The standard InChI is InChI=1S/C23H19FN6OS/c1-15-2-4-16(5-3-15)13-25-21(31)14-32-23-27-26-22-20-12-19(17-6-8-18(24)9-7-17)28-30(20)11-10-29(22)23/h2-12H,13-14H2,1H3,(H,25,31). The average Bonchev–Trinajstić information content (AvgIpc) is 3.41. The van der Waals surface area contributed by atoms with Gasteiger partial charge in [-0.1, -0.05) is 41.6 Å². The number of aromatic nitrogens is 5. The fourth-order valence-corrected chi connectivity index (χ4v) is 4.09. The van der Waals surface area contributed by atoms with E-state index in [0.717, 1.165) is 16.6 Å². The lowest BCUT2D eigenvalue weighted by Gasteiger charge is -2.05. The van der Waals surface area contributed by atoms with Crippen LogP contribution < -0.4 is 5.32 Å². The first kappa shape index (κ1) is 20.2. The molecule has 5 aromatic rings. The van der Waals surface area contributed by atoms with Crippen LogP contribution in [0.25, 0.3) is 22.4 Å². The van der Waals surface area contributed by atoms with E-state index in [9.17, 15) is 9.18 Å². The number of amides is 1. The molecule has 0 saturated heterocycles. The molecule has 0 fully saturated rings. The summed E-state index contributed by atoms with van der Waals surface area (Å²) in [6.07, 6.45) is 3.62. The van der Waals surface area contributed by atoms with Crippen LogP contribution in [0, 0.1) is 12.7 Å². The van der Waals surface area contributed by atoms with Gasteiger partial charge >= 0.3 is 0 Å². The Labute approximate surface area is 187 Å². The monoisotopic (exact) mass is 446 g/mol. The van der Waals surface area contributed by atoms with Crippen LogP contribution in [0.4, 0.5) is 4.39 Å². The Morgan fingerprint density at radius 2 is 1.84 bits per heavy atom. The lowest BCUT2D eigenvalue weighted by molar-refractivity contribution is -0.118. The summed E-state index contributed by atoms with van der Waals surface area (Å²) in [5.74, 6) is -0.129. The van der Waals surface area contributed by atoms with Crippen molar-refractivity contribution in [3.63, 3.8) is 0 Å². The number of carbonyl (C=O) groups is 1. The van der Waals surface area contributed by atoms with Gasteiger partial charge in [-0.15, -0.1) is 10.2 Å². The van der Waals surface area contributed by atoms with E-state index in [1.165, 1.54) is 29.5 Å². The second-order valence-corrected chi connectivity index (χ2v) is 8.33. The number of aryl methyl sites for hydroxylation is 1. The zero-order valence-electron chi connectivity index (χ0n) is 17.2. The molecule has 0 unspecified atom stereocenters. The van der Waals surface area contributed by atoms with Crippen molar-refractivity contribution in [3.05, 3.63) is 83.9 Å². The molecule has 2 aromatic carbocycles. The number of carbonyl (C=O) groups excluding carboxylic acids is 1. The SMILES string of the molecule is Cc1ccc(CNC(=O)CSc2nnc3c4cc(-c5ccc(F)cc5)nn4ccn23)cc1. The van der Waals surface area contributed by atoms with Gasteiger partial charge in [0, 0.05) is 24.5 Å². The van der Waals surface area contributed by atoms with Gasteiger partial charge in [0.25, 0.3) is 0 Å². The van der Waals surface area contributed by atoms with E-state index in [1.807, 2.05) is 47.9 Å². The molecule has 0 radical (unpaired) electrons. The maximum absolute atomic E-state index is 13.2. The van der Waals surface area contributed by atoms with Gasteiger partial charge in [-0.05, 0) is 42.8 Å². The molecule has 32 heavy (non-hydrogen) atoms. The van der Waals surface area contributed by atoms with Crippen molar-refractivity contribution in [3.8, 4) is 11.3 Å². The van der Waals surface area contributed by atoms with Gasteiger partial charge in [-0.25, -0.2) is 8.91 Å². The summed E-state index contributed by atoms with van der Waals surface area (Å²) in [5, 5.41) is 16.6. The highest BCUT2D eigenvalue weighted by atomic mass is 32.2. The van der Waals surface area contributed by atoms with E-state index in [1.54, 1.807) is 22.8 Å². The number of nitrogens with one attached hydrogen (secondary N) is 1. The largest absolute Gasteiger partial charge is 0.351 e. The van der Waals surface area contributed by atoms with Crippen molar-refractivity contribution in [2.45, 2.75) is 18.6 Å². The van der Waals surface area contributed by atoms with Gasteiger partial charge in [-0.3, -0.25) is 9.20 Å². The molecule has 0 aliphatic heterocycles. The number of hydrogen-bond acceptors (Lipinski definition) is 5. The van der Waals surface area contributed by atoms with Crippen LogP contribution in [-0.2, 0) is 11.3 Å². The number of rotatable bonds is 6. The molecule has 1 N–H and O–H groups in total. The zero-order valence-corrected chi connectivity index (χ0v) is 18.0. The summed E-state index contributed by atoms with van der Waals surface area (Å²) < 4.78 is 16.8. The number of nitrogens with zero attached hydrogens (tertiary/aromatic N) is 5. The van der Waals surface area contributed by atoms with E-state index in [-0.39, 0.29) is 17.5 Å². The molecule has 0 bridgehead atoms. The number of benzene rings is 2. The molecular weight excluding hydrogens is 427 g/mol. The number of thioether (sulfide) groups is 1. The van der Waals surface area contributed by atoms with E-state index in [4.69, 9.17) is 0 Å². The molecule has 0 saturated carbocycles. The fourth-order valence-electron chi connectivity index (χ4n) is 3.34. The highest BCUT2D eigenvalue weighted by molar-refractivity contribution is 7.99. The summed E-state index contributed by atoms with van der Waals surface area (Å²) in [4.78, 5) is 12.3. The molecule has 0 spiro atoms. The molecule has 9 heteroatoms. The van der Waals surface area contributed by atoms with Crippen LogP contribution in [0.5, 0.6) is 0 Å². The van der Waals surface area contributed by atoms with Crippen LogP contribution in [-0.4, -0.2) is 35.9 Å². The number of halogens is 1. The number of fused-ring (bicyclic) bond motifs is 3. The van der Waals surface area contributed by atoms with E-state index in [0.29, 0.717) is 23.0 Å². The molecule has 7 nitrogen and oxygen atoms in total. The molecule has 0 atom stereocenters. The second kappa shape index (κ2) is 8.43. The van der Waals surface area contributed by atoms with Crippen LogP contribution in [0.3, 0.4) is 0 Å². The van der Waals surface area contributed by atoms with Crippen molar-refractivity contribution in [2.24, 2.45) is 0 Å². The van der Waals surface area contributed by atoms with Crippen LogP contribution in [0.2, 0.25) is 0 Å². The van der Waals surface area contributed by atoms with Gasteiger partial charge in [0.15, 0.2) is 10.8 Å². The minimum atomic E-state index is -0.290. The van der Waals surface area contributed by atoms with Gasteiger partial charge in [0.05, 0.1) is 11.4 Å². The highest BCUT2D eigenvalue weighted by Gasteiger charge is 2.14. The number of hydrogen-bond donors (Lipinski definition) is 1. The first-order chi connectivity index (χ1) is 15.6. The molecule has 5 rings (SSSR count). The van der Waals surface area contributed by atoms with Crippen LogP contribution in [0.15, 0.2) is 72.1 Å². The zero-order chi connectivity index (χ0) is 22.1. The van der Waals surface area contributed by atoms with Crippen molar-refractivity contribution in [2.75, 3.05) is 5.75 Å². The smallest absolute Gasteiger partial charge is 0.230 e. The molecule has 0 aliphatic carbocycles. The van der Waals surface area contributed by atoms with E-state index < -0.39 is 0 Å². The van der Waals surface area contributed by atoms with Crippen molar-refractivity contribution in [1.82, 2.24) is 29.5 Å². The van der Waals surface area contributed by atoms with Crippen LogP contribution in [0.1, 0.15) is 11.1 Å². The maximum atomic E-state index is 13.2. The quantitative estimate of drug-likeness (QED) is 0.401. The molecule has 3 aromatic heterocycles. The van der Waals surface area contributed by atoms with Crippen molar-refractivity contribution in [1.29, 1.82) is 0 Å².